The monoisotopic (exact) mass is 241 g/mol. The summed E-state index contributed by atoms with van der Waals surface area (Å²) in [4.78, 5) is 5.03. The molecule has 0 bridgehead atoms. The Morgan fingerprint density at radius 2 is 1.82 bits per heavy atom. The van der Waals surface area contributed by atoms with E-state index in [0.29, 0.717) is 0 Å². The number of hydrogen-bond donors (Lipinski definition) is 1. The molecule has 0 saturated carbocycles. The van der Waals surface area contributed by atoms with E-state index >= 15 is 0 Å². The first-order chi connectivity index (χ1) is 8.09. The van der Waals surface area contributed by atoms with Gasteiger partial charge in [0.15, 0.2) is 0 Å². The van der Waals surface area contributed by atoms with Crippen LogP contribution in [0.2, 0.25) is 0 Å². The van der Waals surface area contributed by atoms with Crippen molar-refractivity contribution in [2.45, 2.75) is 57.5 Å². The summed E-state index contributed by atoms with van der Waals surface area (Å²) in [5.74, 6) is 0. The quantitative estimate of drug-likeness (QED) is 0.771. The first-order valence-corrected chi connectivity index (χ1v) is 7.21. The maximum absolute atomic E-state index is 6.08. The van der Waals surface area contributed by atoms with Crippen LogP contribution in [0.5, 0.6) is 0 Å². The fraction of sp³-hybridized carbons (Fsp3) is 1.00. The Bertz CT molecular complexity index is 204. The summed E-state index contributed by atoms with van der Waals surface area (Å²) in [5, 5.41) is 0. The first kappa shape index (κ1) is 14.9. The van der Waals surface area contributed by atoms with Crippen LogP contribution in [-0.4, -0.2) is 55.1 Å². The van der Waals surface area contributed by atoms with Crippen molar-refractivity contribution in [1.29, 1.82) is 0 Å². The lowest BCUT2D eigenvalue weighted by Crippen LogP contribution is -2.57. The first-order valence-electron chi connectivity index (χ1n) is 7.21. The maximum Gasteiger partial charge on any atom is 0.0329 e. The molecular formula is C14H31N3. The van der Waals surface area contributed by atoms with E-state index in [1.165, 1.54) is 45.2 Å². The van der Waals surface area contributed by atoms with Crippen molar-refractivity contribution in [2.75, 3.05) is 33.7 Å². The van der Waals surface area contributed by atoms with Gasteiger partial charge in [0.2, 0.25) is 0 Å². The van der Waals surface area contributed by atoms with Crippen LogP contribution in [0.15, 0.2) is 0 Å². The smallest absolute Gasteiger partial charge is 0.0329 e. The van der Waals surface area contributed by atoms with E-state index in [2.05, 4.69) is 37.7 Å². The SMILES string of the molecule is CCCC(CC)(CN)N1CCC(N(C)C)CC1. The predicted octanol–water partition coefficient (Wildman–Crippen LogP) is 1.92. The number of rotatable bonds is 6. The van der Waals surface area contributed by atoms with Gasteiger partial charge in [-0.15, -0.1) is 0 Å². The predicted molar refractivity (Wildman–Crippen MR) is 75.3 cm³/mol. The molecule has 0 amide bonds. The van der Waals surface area contributed by atoms with Crippen LogP contribution >= 0.6 is 0 Å². The maximum atomic E-state index is 6.08. The molecule has 0 aliphatic carbocycles. The topological polar surface area (TPSA) is 32.5 Å². The Morgan fingerprint density at radius 3 is 2.18 bits per heavy atom. The van der Waals surface area contributed by atoms with Gasteiger partial charge in [-0.2, -0.15) is 0 Å². The lowest BCUT2D eigenvalue weighted by molar-refractivity contribution is 0.0356. The number of nitrogens with two attached hydrogens (primary N) is 1. The van der Waals surface area contributed by atoms with E-state index in [0.717, 1.165) is 12.6 Å². The standard InChI is InChI=1S/C14H31N3/c1-5-9-14(6-2,12-15)17-10-7-13(8-11-17)16(3)4/h13H,5-12,15H2,1-4H3. The van der Waals surface area contributed by atoms with E-state index in [9.17, 15) is 0 Å². The molecule has 0 aromatic carbocycles. The van der Waals surface area contributed by atoms with Gasteiger partial charge in [0.1, 0.15) is 0 Å². The summed E-state index contributed by atoms with van der Waals surface area (Å²) in [7, 11) is 4.39. The fourth-order valence-corrected chi connectivity index (χ4v) is 3.26. The van der Waals surface area contributed by atoms with Crippen LogP contribution in [0.4, 0.5) is 0 Å². The third kappa shape index (κ3) is 3.43. The van der Waals surface area contributed by atoms with E-state index in [4.69, 9.17) is 5.73 Å². The largest absolute Gasteiger partial charge is 0.329 e. The molecule has 1 fully saturated rings. The number of nitrogens with zero attached hydrogens (tertiary/aromatic N) is 2. The van der Waals surface area contributed by atoms with Gasteiger partial charge in [0.25, 0.3) is 0 Å². The lowest BCUT2D eigenvalue weighted by atomic mass is 9.86. The third-order valence-corrected chi connectivity index (χ3v) is 4.62. The molecule has 0 aromatic rings. The zero-order valence-electron chi connectivity index (χ0n) is 12.2. The Labute approximate surface area is 107 Å². The molecule has 1 heterocycles. The molecule has 0 aromatic heterocycles. The van der Waals surface area contributed by atoms with Crippen molar-refractivity contribution >= 4 is 0 Å². The molecule has 3 heteroatoms. The zero-order chi connectivity index (χ0) is 12.9. The summed E-state index contributed by atoms with van der Waals surface area (Å²) in [6.07, 6.45) is 6.24. The van der Waals surface area contributed by atoms with Crippen LogP contribution in [-0.2, 0) is 0 Å². The van der Waals surface area contributed by atoms with Gasteiger partial charge >= 0.3 is 0 Å². The number of piperidine rings is 1. The Hall–Kier alpha value is -0.120. The molecule has 102 valence electrons. The molecule has 1 rings (SSSR count). The van der Waals surface area contributed by atoms with Crippen LogP contribution in [0.25, 0.3) is 0 Å². The van der Waals surface area contributed by atoms with Crippen LogP contribution < -0.4 is 5.73 Å². The molecule has 1 aliphatic heterocycles. The van der Waals surface area contributed by atoms with E-state index in [-0.39, 0.29) is 5.54 Å². The molecule has 0 spiro atoms. The van der Waals surface area contributed by atoms with Crippen LogP contribution in [0.3, 0.4) is 0 Å². The Morgan fingerprint density at radius 1 is 1.24 bits per heavy atom. The highest BCUT2D eigenvalue weighted by Crippen LogP contribution is 2.28. The molecular weight excluding hydrogens is 210 g/mol. The molecule has 3 nitrogen and oxygen atoms in total. The van der Waals surface area contributed by atoms with Gasteiger partial charge in [-0.25, -0.2) is 0 Å². The molecule has 17 heavy (non-hydrogen) atoms. The average molecular weight is 241 g/mol. The summed E-state index contributed by atoms with van der Waals surface area (Å²) in [6, 6.07) is 0.764. The highest BCUT2D eigenvalue weighted by atomic mass is 15.2. The molecule has 1 unspecified atom stereocenters. The molecule has 2 N–H and O–H groups in total. The summed E-state index contributed by atoms with van der Waals surface area (Å²) in [5.41, 5.74) is 6.35. The molecule has 1 atom stereocenters. The van der Waals surface area contributed by atoms with Gasteiger partial charge in [-0.3, -0.25) is 4.90 Å². The van der Waals surface area contributed by atoms with Gasteiger partial charge in [0, 0.05) is 31.2 Å². The fourth-order valence-electron chi connectivity index (χ4n) is 3.26. The van der Waals surface area contributed by atoms with E-state index in [1.54, 1.807) is 0 Å². The normalized spacial score (nSPS) is 22.9. The van der Waals surface area contributed by atoms with Crippen molar-refractivity contribution in [3.63, 3.8) is 0 Å². The number of likely N-dealkylation sites (tertiary alicyclic amines) is 1. The Kier molecular flexibility index (Phi) is 5.90. The summed E-state index contributed by atoms with van der Waals surface area (Å²) in [6.45, 7) is 7.80. The van der Waals surface area contributed by atoms with Crippen molar-refractivity contribution in [3.05, 3.63) is 0 Å². The second-order valence-electron chi connectivity index (χ2n) is 5.71. The van der Waals surface area contributed by atoms with Crippen LogP contribution in [0, 0.1) is 0 Å². The Balaban J connectivity index is 2.60. The molecule has 1 saturated heterocycles. The van der Waals surface area contributed by atoms with Gasteiger partial charge in [-0.1, -0.05) is 20.3 Å². The molecule has 0 radical (unpaired) electrons. The van der Waals surface area contributed by atoms with Crippen molar-refractivity contribution < 1.29 is 0 Å². The van der Waals surface area contributed by atoms with E-state index < -0.39 is 0 Å². The third-order valence-electron chi connectivity index (χ3n) is 4.62. The highest BCUT2D eigenvalue weighted by Gasteiger charge is 2.35. The number of hydrogen-bond acceptors (Lipinski definition) is 3. The second-order valence-corrected chi connectivity index (χ2v) is 5.71. The van der Waals surface area contributed by atoms with Crippen molar-refractivity contribution in [2.24, 2.45) is 5.73 Å². The van der Waals surface area contributed by atoms with Gasteiger partial charge in [-0.05, 0) is 39.8 Å². The lowest BCUT2D eigenvalue weighted by Gasteiger charge is -2.47. The van der Waals surface area contributed by atoms with Gasteiger partial charge in [0.05, 0.1) is 0 Å². The second kappa shape index (κ2) is 6.72. The van der Waals surface area contributed by atoms with Gasteiger partial charge < -0.3 is 10.6 Å². The summed E-state index contributed by atoms with van der Waals surface area (Å²) >= 11 is 0. The van der Waals surface area contributed by atoms with Crippen molar-refractivity contribution in [1.82, 2.24) is 9.80 Å². The van der Waals surface area contributed by atoms with Crippen LogP contribution in [0.1, 0.15) is 46.0 Å². The average Bonchev–Trinajstić information content (AvgIpc) is 2.36. The van der Waals surface area contributed by atoms with E-state index in [1.807, 2.05) is 0 Å². The minimum Gasteiger partial charge on any atom is -0.329 e. The molecule has 1 aliphatic rings. The zero-order valence-corrected chi connectivity index (χ0v) is 12.2. The highest BCUT2D eigenvalue weighted by molar-refractivity contribution is 4.93. The van der Waals surface area contributed by atoms with Crippen molar-refractivity contribution in [3.8, 4) is 0 Å². The minimum atomic E-state index is 0.270. The summed E-state index contributed by atoms with van der Waals surface area (Å²) < 4.78 is 0. The minimum absolute atomic E-state index is 0.270.